The van der Waals surface area contributed by atoms with Gasteiger partial charge in [0.2, 0.25) is 0 Å². The molecule has 0 aromatic rings. The van der Waals surface area contributed by atoms with Crippen LogP contribution in [0.1, 0.15) is 52.4 Å². The van der Waals surface area contributed by atoms with Crippen LogP contribution in [0.5, 0.6) is 0 Å². The van der Waals surface area contributed by atoms with E-state index >= 15 is 0 Å². The van der Waals surface area contributed by atoms with Gasteiger partial charge in [-0.05, 0) is 56.4 Å². The number of hydrogen-bond acceptors (Lipinski definition) is 2. The minimum Gasteiger partial charge on any atom is -0.375 e. The summed E-state index contributed by atoms with van der Waals surface area (Å²) in [4.78, 5) is 0. The van der Waals surface area contributed by atoms with Crippen LogP contribution in [0.2, 0.25) is 0 Å². The number of ether oxygens (including phenoxy) is 1. The first-order chi connectivity index (χ1) is 7.60. The smallest absolute Gasteiger partial charge is 0.0697 e. The monoisotopic (exact) mass is 223 g/mol. The van der Waals surface area contributed by atoms with E-state index in [1.165, 1.54) is 45.1 Å². The Morgan fingerprint density at radius 2 is 2.00 bits per heavy atom. The molecule has 2 aliphatic carbocycles. The molecular formula is C14H25NO. The van der Waals surface area contributed by atoms with Crippen LogP contribution in [0.25, 0.3) is 0 Å². The molecule has 92 valence electrons. The highest BCUT2D eigenvalue weighted by Gasteiger charge is 2.46. The standard InChI is InChI=1S/C14H25NO/c1-13(2)8-11(13)10-15-12-4-7-16-14(9-12)5-3-6-14/h11-12,15H,3-10H2,1-2H3. The first-order valence-corrected chi connectivity index (χ1v) is 6.97. The Hall–Kier alpha value is -0.0800. The van der Waals surface area contributed by atoms with E-state index in [4.69, 9.17) is 4.74 Å². The van der Waals surface area contributed by atoms with Crippen LogP contribution in [-0.2, 0) is 4.74 Å². The Morgan fingerprint density at radius 3 is 2.56 bits per heavy atom. The molecule has 0 bridgehead atoms. The molecule has 3 aliphatic rings. The van der Waals surface area contributed by atoms with Crippen molar-refractivity contribution in [3.63, 3.8) is 0 Å². The van der Waals surface area contributed by atoms with Crippen molar-refractivity contribution in [1.82, 2.24) is 5.32 Å². The van der Waals surface area contributed by atoms with Gasteiger partial charge < -0.3 is 10.1 Å². The summed E-state index contributed by atoms with van der Waals surface area (Å²) < 4.78 is 5.96. The van der Waals surface area contributed by atoms with Gasteiger partial charge in [0, 0.05) is 12.6 Å². The second-order valence-corrected chi connectivity index (χ2v) is 6.87. The maximum absolute atomic E-state index is 5.96. The summed E-state index contributed by atoms with van der Waals surface area (Å²) >= 11 is 0. The molecule has 2 heteroatoms. The molecule has 2 unspecified atom stereocenters. The highest BCUT2D eigenvalue weighted by molar-refractivity contribution is 4.99. The average molecular weight is 223 g/mol. The molecule has 2 atom stereocenters. The fourth-order valence-corrected chi connectivity index (χ4v) is 3.36. The summed E-state index contributed by atoms with van der Waals surface area (Å²) in [5, 5.41) is 3.78. The zero-order chi connectivity index (χ0) is 11.2. The minimum atomic E-state index is 0.301. The summed E-state index contributed by atoms with van der Waals surface area (Å²) in [7, 11) is 0. The lowest BCUT2D eigenvalue weighted by Gasteiger charge is -2.47. The summed E-state index contributed by atoms with van der Waals surface area (Å²) in [5.41, 5.74) is 0.918. The van der Waals surface area contributed by atoms with Gasteiger partial charge in [0.1, 0.15) is 0 Å². The molecule has 2 nitrogen and oxygen atoms in total. The Balaban J connectivity index is 1.45. The molecule has 0 aromatic carbocycles. The zero-order valence-corrected chi connectivity index (χ0v) is 10.7. The van der Waals surface area contributed by atoms with Gasteiger partial charge in [-0.3, -0.25) is 0 Å². The average Bonchev–Trinajstić information content (AvgIpc) is 2.82. The summed E-state index contributed by atoms with van der Waals surface area (Å²) in [6, 6.07) is 0.727. The molecular weight excluding hydrogens is 198 g/mol. The zero-order valence-electron chi connectivity index (χ0n) is 10.7. The predicted octanol–water partition coefficient (Wildman–Crippen LogP) is 2.72. The summed E-state index contributed by atoms with van der Waals surface area (Å²) in [6.45, 7) is 6.98. The molecule has 0 aromatic heterocycles. The van der Waals surface area contributed by atoms with E-state index in [1.807, 2.05) is 0 Å². The van der Waals surface area contributed by atoms with E-state index < -0.39 is 0 Å². The molecule has 1 aliphatic heterocycles. The van der Waals surface area contributed by atoms with Crippen molar-refractivity contribution >= 4 is 0 Å². The van der Waals surface area contributed by atoms with Gasteiger partial charge in [-0.2, -0.15) is 0 Å². The first-order valence-electron chi connectivity index (χ1n) is 6.97. The quantitative estimate of drug-likeness (QED) is 0.794. The fourth-order valence-electron chi connectivity index (χ4n) is 3.36. The van der Waals surface area contributed by atoms with E-state index in [-0.39, 0.29) is 0 Å². The molecule has 16 heavy (non-hydrogen) atoms. The molecule has 0 radical (unpaired) electrons. The van der Waals surface area contributed by atoms with Crippen molar-refractivity contribution in [3.05, 3.63) is 0 Å². The second kappa shape index (κ2) is 3.71. The van der Waals surface area contributed by atoms with Gasteiger partial charge >= 0.3 is 0 Å². The molecule has 3 rings (SSSR count). The topological polar surface area (TPSA) is 21.3 Å². The lowest BCUT2D eigenvalue weighted by Crippen LogP contribution is -2.51. The summed E-state index contributed by atoms with van der Waals surface area (Å²) in [6.07, 6.45) is 7.88. The van der Waals surface area contributed by atoms with Gasteiger partial charge in [0.15, 0.2) is 0 Å². The largest absolute Gasteiger partial charge is 0.375 e. The molecule has 1 saturated heterocycles. The molecule has 1 heterocycles. The van der Waals surface area contributed by atoms with Crippen molar-refractivity contribution in [3.8, 4) is 0 Å². The lowest BCUT2D eigenvalue weighted by molar-refractivity contribution is -0.135. The van der Waals surface area contributed by atoms with Gasteiger partial charge in [-0.25, -0.2) is 0 Å². The SMILES string of the molecule is CC1(C)CC1CNC1CCOC2(CCC2)C1. The Kier molecular flexibility index (Phi) is 2.56. The number of hydrogen-bond donors (Lipinski definition) is 1. The van der Waals surface area contributed by atoms with Crippen LogP contribution in [-0.4, -0.2) is 24.8 Å². The van der Waals surface area contributed by atoms with Crippen LogP contribution >= 0.6 is 0 Å². The van der Waals surface area contributed by atoms with Crippen LogP contribution < -0.4 is 5.32 Å². The van der Waals surface area contributed by atoms with E-state index in [0.29, 0.717) is 11.0 Å². The van der Waals surface area contributed by atoms with Crippen LogP contribution in [0, 0.1) is 11.3 Å². The highest BCUT2D eigenvalue weighted by atomic mass is 16.5. The second-order valence-electron chi connectivity index (χ2n) is 6.87. The van der Waals surface area contributed by atoms with E-state index in [1.54, 1.807) is 0 Å². The lowest BCUT2D eigenvalue weighted by atomic mass is 9.74. The van der Waals surface area contributed by atoms with Crippen LogP contribution in [0.4, 0.5) is 0 Å². The van der Waals surface area contributed by atoms with Crippen molar-refractivity contribution in [1.29, 1.82) is 0 Å². The number of rotatable bonds is 3. The highest BCUT2D eigenvalue weighted by Crippen LogP contribution is 2.51. The third-order valence-corrected chi connectivity index (χ3v) is 5.13. The summed E-state index contributed by atoms with van der Waals surface area (Å²) in [5.74, 6) is 0.924. The fraction of sp³-hybridized carbons (Fsp3) is 1.00. The normalized spacial score (nSPS) is 39.4. The van der Waals surface area contributed by atoms with Crippen molar-refractivity contribution in [2.45, 2.75) is 64.0 Å². The van der Waals surface area contributed by atoms with E-state index in [2.05, 4.69) is 19.2 Å². The van der Waals surface area contributed by atoms with Crippen molar-refractivity contribution in [2.75, 3.05) is 13.2 Å². The third-order valence-electron chi connectivity index (χ3n) is 5.13. The molecule has 2 saturated carbocycles. The number of nitrogens with one attached hydrogen (secondary N) is 1. The van der Waals surface area contributed by atoms with Crippen LogP contribution in [0.3, 0.4) is 0 Å². The molecule has 1 spiro atoms. The van der Waals surface area contributed by atoms with Crippen molar-refractivity contribution in [2.24, 2.45) is 11.3 Å². The van der Waals surface area contributed by atoms with E-state index in [0.717, 1.165) is 18.6 Å². The van der Waals surface area contributed by atoms with E-state index in [9.17, 15) is 0 Å². The predicted molar refractivity (Wildman–Crippen MR) is 65.4 cm³/mol. The van der Waals surface area contributed by atoms with Crippen molar-refractivity contribution < 1.29 is 4.74 Å². The van der Waals surface area contributed by atoms with Gasteiger partial charge in [0.25, 0.3) is 0 Å². The minimum absolute atomic E-state index is 0.301. The maximum Gasteiger partial charge on any atom is 0.0697 e. The molecule has 1 N–H and O–H groups in total. The Bertz CT molecular complexity index is 270. The third kappa shape index (κ3) is 2.02. The maximum atomic E-state index is 5.96. The van der Waals surface area contributed by atoms with Crippen LogP contribution in [0.15, 0.2) is 0 Å². The van der Waals surface area contributed by atoms with Gasteiger partial charge in [-0.15, -0.1) is 0 Å². The molecule has 3 fully saturated rings. The first kappa shape index (κ1) is 11.0. The van der Waals surface area contributed by atoms with Gasteiger partial charge in [-0.1, -0.05) is 13.8 Å². The Labute approximate surface area is 99.1 Å². The molecule has 0 amide bonds. The Morgan fingerprint density at radius 1 is 1.25 bits per heavy atom. The van der Waals surface area contributed by atoms with Gasteiger partial charge in [0.05, 0.1) is 5.60 Å².